The Morgan fingerprint density at radius 3 is 2.32 bits per heavy atom. The lowest BCUT2D eigenvalue weighted by Gasteiger charge is -2.25. The van der Waals surface area contributed by atoms with E-state index in [0.717, 1.165) is 11.3 Å². The number of rotatable bonds is 5. The predicted molar refractivity (Wildman–Crippen MR) is 79.6 cm³/mol. The first-order valence-electron chi connectivity index (χ1n) is 7.34. The molecule has 1 aromatic carbocycles. The molecule has 22 heavy (non-hydrogen) atoms. The van der Waals surface area contributed by atoms with Crippen molar-refractivity contribution in [2.24, 2.45) is 11.8 Å². The van der Waals surface area contributed by atoms with Gasteiger partial charge in [0.05, 0.1) is 20.1 Å². The Kier molecular flexibility index (Phi) is 5.31. The molecule has 0 bridgehead atoms. The van der Waals surface area contributed by atoms with Gasteiger partial charge in [-0.05, 0) is 30.5 Å². The number of benzene rings is 1. The number of esters is 1. The van der Waals surface area contributed by atoms with Crippen molar-refractivity contribution >= 4 is 17.5 Å². The molecule has 0 saturated heterocycles. The van der Waals surface area contributed by atoms with Crippen molar-refractivity contribution in [2.45, 2.75) is 25.7 Å². The van der Waals surface area contributed by atoms with E-state index in [9.17, 15) is 14.4 Å². The van der Waals surface area contributed by atoms with E-state index in [0.29, 0.717) is 19.3 Å². The zero-order valence-corrected chi connectivity index (χ0v) is 12.8. The molecule has 0 spiro atoms. The summed E-state index contributed by atoms with van der Waals surface area (Å²) in [5, 5.41) is 0. The fourth-order valence-corrected chi connectivity index (χ4v) is 2.82. The SMILES string of the molecule is COC(=O)C1CCCC(C(=O)Cc2ccc(OC)cc2)C1=O. The highest BCUT2D eigenvalue weighted by atomic mass is 16.5. The molecule has 1 fully saturated rings. The van der Waals surface area contributed by atoms with E-state index in [1.807, 2.05) is 12.1 Å². The molecule has 2 rings (SSSR count). The fourth-order valence-electron chi connectivity index (χ4n) is 2.82. The van der Waals surface area contributed by atoms with Crippen LogP contribution in [0.5, 0.6) is 5.75 Å². The van der Waals surface area contributed by atoms with Crippen LogP contribution in [0, 0.1) is 11.8 Å². The normalized spacial score (nSPS) is 21.3. The molecule has 5 nitrogen and oxygen atoms in total. The predicted octanol–water partition coefficient (Wildman–Crippen LogP) is 1.97. The molecule has 0 aliphatic heterocycles. The summed E-state index contributed by atoms with van der Waals surface area (Å²) in [6, 6.07) is 7.18. The second-order valence-corrected chi connectivity index (χ2v) is 5.45. The van der Waals surface area contributed by atoms with E-state index in [1.165, 1.54) is 7.11 Å². The zero-order chi connectivity index (χ0) is 16.1. The molecule has 0 radical (unpaired) electrons. The number of methoxy groups -OCH3 is 2. The van der Waals surface area contributed by atoms with Gasteiger partial charge in [-0.3, -0.25) is 14.4 Å². The summed E-state index contributed by atoms with van der Waals surface area (Å²) in [5.41, 5.74) is 0.832. The molecule has 0 N–H and O–H groups in total. The van der Waals surface area contributed by atoms with Crippen LogP contribution >= 0.6 is 0 Å². The quantitative estimate of drug-likeness (QED) is 0.614. The van der Waals surface area contributed by atoms with Crippen LogP contribution in [0.25, 0.3) is 0 Å². The average molecular weight is 304 g/mol. The lowest BCUT2D eigenvalue weighted by Crippen LogP contribution is -2.38. The van der Waals surface area contributed by atoms with Crippen molar-refractivity contribution in [3.63, 3.8) is 0 Å². The first kappa shape index (κ1) is 16.2. The monoisotopic (exact) mass is 304 g/mol. The maximum absolute atomic E-state index is 12.4. The second kappa shape index (κ2) is 7.20. The Bertz CT molecular complexity index is 561. The first-order valence-corrected chi connectivity index (χ1v) is 7.34. The lowest BCUT2D eigenvalue weighted by atomic mass is 9.77. The smallest absolute Gasteiger partial charge is 0.316 e. The Hall–Kier alpha value is -2.17. The molecule has 1 aromatic rings. The Morgan fingerprint density at radius 1 is 1.09 bits per heavy atom. The van der Waals surface area contributed by atoms with Crippen molar-refractivity contribution in [1.29, 1.82) is 0 Å². The molecule has 1 saturated carbocycles. The van der Waals surface area contributed by atoms with E-state index < -0.39 is 17.8 Å². The van der Waals surface area contributed by atoms with E-state index in [2.05, 4.69) is 4.74 Å². The number of carbonyl (C=O) groups excluding carboxylic acids is 3. The summed E-state index contributed by atoms with van der Waals surface area (Å²) in [4.78, 5) is 36.3. The minimum absolute atomic E-state index is 0.135. The minimum atomic E-state index is -0.788. The second-order valence-electron chi connectivity index (χ2n) is 5.45. The van der Waals surface area contributed by atoms with E-state index in [4.69, 9.17) is 4.74 Å². The van der Waals surface area contributed by atoms with Gasteiger partial charge in [-0.2, -0.15) is 0 Å². The third kappa shape index (κ3) is 3.53. The summed E-state index contributed by atoms with van der Waals surface area (Å²) in [7, 11) is 2.84. The highest BCUT2D eigenvalue weighted by molar-refractivity contribution is 6.10. The van der Waals surface area contributed by atoms with Crippen LogP contribution < -0.4 is 4.74 Å². The van der Waals surface area contributed by atoms with Crippen LogP contribution in [0.4, 0.5) is 0 Å². The van der Waals surface area contributed by atoms with Gasteiger partial charge in [0.2, 0.25) is 0 Å². The van der Waals surface area contributed by atoms with Gasteiger partial charge in [0.25, 0.3) is 0 Å². The van der Waals surface area contributed by atoms with Gasteiger partial charge in [0.15, 0.2) is 5.78 Å². The lowest BCUT2D eigenvalue weighted by molar-refractivity contribution is -0.153. The van der Waals surface area contributed by atoms with E-state index >= 15 is 0 Å². The highest BCUT2D eigenvalue weighted by Gasteiger charge is 2.39. The summed E-state index contributed by atoms with van der Waals surface area (Å²) in [6.45, 7) is 0. The number of ketones is 2. The number of Topliss-reactive ketones (excluding diaryl/α,β-unsaturated/α-hetero) is 2. The highest BCUT2D eigenvalue weighted by Crippen LogP contribution is 2.28. The van der Waals surface area contributed by atoms with Gasteiger partial charge in [-0.1, -0.05) is 18.6 Å². The number of ether oxygens (including phenoxy) is 2. The summed E-state index contributed by atoms with van der Waals surface area (Å²) >= 11 is 0. The van der Waals surface area contributed by atoms with Crippen molar-refractivity contribution in [3.8, 4) is 5.75 Å². The fraction of sp³-hybridized carbons (Fsp3) is 0.471. The van der Waals surface area contributed by atoms with E-state index in [-0.39, 0.29) is 18.0 Å². The molecular formula is C17H20O5. The van der Waals surface area contributed by atoms with Crippen LogP contribution in [-0.4, -0.2) is 31.8 Å². The van der Waals surface area contributed by atoms with Gasteiger partial charge in [-0.25, -0.2) is 0 Å². The van der Waals surface area contributed by atoms with Gasteiger partial charge >= 0.3 is 5.97 Å². The van der Waals surface area contributed by atoms with Crippen molar-refractivity contribution in [2.75, 3.05) is 14.2 Å². The average Bonchev–Trinajstić information content (AvgIpc) is 2.55. The van der Waals surface area contributed by atoms with Gasteiger partial charge in [0, 0.05) is 6.42 Å². The van der Waals surface area contributed by atoms with Crippen LogP contribution in [0.2, 0.25) is 0 Å². The van der Waals surface area contributed by atoms with Crippen LogP contribution in [0.15, 0.2) is 24.3 Å². The van der Waals surface area contributed by atoms with Crippen molar-refractivity contribution in [1.82, 2.24) is 0 Å². The molecular weight excluding hydrogens is 284 g/mol. The van der Waals surface area contributed by atoms with Crippen LogP contribution in [-0.2, 0) is 25.5 Å². The van der Waals surface area contributed by atoms with Crippen molar-refractivity contribution in [3.05, 3.63) is 29.8 Å². The molecule has 0 heterocycles. The summed E-state index contributed by atoms with van der Waals surface area (Å²) in [5.74, 6) is -1.73. The standard InChI is InChI=1S/C17H20O5/c1-21-12-8-6-11(7-9-12)10-15(18)13-4-3-5-14(16(13)19)17(20)22-2/h6-9,13-14H,3-5,10H2,1-2H3. The summed E-state index contributed by atoms with van der Waals surface area (Å²) in [6.07, 6.45) is 1.86. The number of hydrogen-bond acceptors (Lipinski definition) is 5. The number of carbonyl (C=O) groups is 3. The zero-order valence-electron chi connectivity index (χ0n) is 12.8. The largest absolute Gasteiger partial charge is 0.497 e. The number of hydrogen-bond donors (Lipinski definition) is 0. The third-order valence-electron chi connectivity index (χ3n) is 4.08. The molecule has 5 heteroatoms. The molecule has 118 valence electrons. The van der Waals surface area contributed by atoms with Gasteiger partial charge < -0.3 is 9.47 Å². The molecule has 0 amide bonds. The van der Waals surface area contributed by atoms with E-state index in [1.54, 1.807) is 19.2 Å². The molecule has 1 aliphatic rings. The molecule has 2 atom stereocenters. The molecule has 2 unspecified atom stereocenters. The van der Waals surface area contributed by atoms with Gasteiger partial charge in [0.1, 0.15) is 17.5 Å². The maximum atomic E-state index is 12.4. The third-order valence-corrected chi connectivity index (χ3v) is 4.08. The van der Waals surface area contributed by atoms with Crippen molar-refractivity contribution < 1.29 is 23.9 Å². The topological polar surface area (TPSA) is 69.7 Å². The first-order chi connectivity index (χ1) is 10.6. The molecule has 0 aromatic heterocycles. The maximum Gasteiger partial charge on any atom is 0.316 e. The molecule has 1 aliphatic carbocycles. The minimum Gasteiger partial charge on any atom is -0.497 e. The van der Waals surface area contributed by atoms with Gasteiger partial charge in [-0.15, -0.1) is 0 Å². The van der Waals surface area contributed by atoms with Crippen LogP contribution in [0.1, 0.15) is 24.8 Å². The summed E-state index contributed by atoms with van der Waals surface area (Å²) < 4.78 is 9.72. The Morgan fingerprint density at radius 2 is 1.73 bits per heavy atom. The Balaban J connectivity index is 2.04. The van der Waals surface area contributed by atoms with Crippen LogP contribution in [0.3, 0.4) is 0 Å². The Labute approximate surface area is 129 Å².